The summed E-state index contributed by atoms with van der Waals surface area (Å²) in [5.41, 5.74) is 0. The van der Waals surface area contributed by atoms with Gasteiger partial charge in [-0.3, -0.25) is 0 Å². The highest BCUT2D eigenvalue weighted by molar-refractivity contribution is 8.06. The van der Waals surface area contributed by atoms with Crippen LogP contribution in [0.3, 0.4) is 0 Å². The molecule has 0 aromatic heterocycles. The third-order valence-electron chi connectivity index (χ3n) is 3.41. The lowest BCUT2D eigenvalue weighted by Gasteiger charge is -2.19. The minimum Gasteiger partial charge on any atom is -0.780 e. The van der Waals surface area contributed by atoms with Gasteiger partial charge in [0.2, 0.25) is 0 Å². The zero-order valence-electron chi connectivity index (χ0n) is 14.5. The van der Waals surface area contributed by atoms with Crippen molar-refractivity contribution in [3.8, 4) is 0 Å². The molecule has 0 saturated carbocycles. The van der Waals surface area contributed by atoms with Crippen molar-refractivity contribution in [3.05, 3.63) is 12.2 Å². The first kappa shape index (κ1) is 24.5. The van der Waals surface area contributed by atoms with Gasteiger partial charge < -0.3 is 20.5 Å². The lowest BCUT2D eigenvalue weighted by Crippen LogP contribution is -2.03. The summed E-state index contributed by atoms with van der Waals surface area (Å²) in [7, 11) is 0. The van der Waals surface area contributed by atoms with E-state index in [1.807, 2.05) is 0 Å². The Morgan fingerprint density at radius 1 is 0.909 bits per heavy atom. The van der Waals surface area contributed by atoms with Crippen LogP contribution in [0.4, 0.5) is 0 Å². The summed E-state index contributed by atoms with van der Waals surface area (Å²) in [5.74, 6) is 0. The molecule has 1 atom stereocenters. The second-order valence-electron chi connectivity index (χ2n) is 5.53. The Labute approximate surface area is 142 Å². The fraction of sp³-hybridized carbons (Fsp3) is 0.875. The number of rotatable bonds is 15. The van der Waals surface area contributed by atoms with Crippen molar-refractivity contribution in [1.82, 2.24) is 6.15 Å². The lowest BCUT2D eigenvalue weighted by molar-refractivity contribution is -0.201. The smallest absolute Gasteiger partial charge is 0.112 e. The van der Waals surface area contributed by atoms with E-state index in [4.69, 9.17) is 4.89 Å². The molecule has 0 spiro atoms. The first-order chi connectivity index (χ1) is 10.1. The Morgan fingerprint density at radius 3 is 1.86 bits per heavy atom. The molecular weight excluding hydrogens is 317 g/mol. The Hall–Kier alpha value is 0.230. The van der Waals surface area contributed by atoms with Crippen LogP contribution >= 0.6 is 6.72 Å². The van der Waals surface area contributed by atoms with Gasteiger partial charge in [0.05, 0.1) is 6.61 Å². The van der Waals surface area contributed by atoms with E-state index in [0.29, 0.717) is 6.61 Å². The number of allylic oxidation sites excluding steroid dienone is 2. The summed E-state index contributed by atoms with van der Waals surface area (Å²) in [4.78, 5) is 19.5. The van der Waals surface area contributed by atoms with E-state index in [2.05, 4.69) is 35.4 Å². The van der Waals surface area contributed by atoms with Crippen molar-refractivity contribution in [2.24, 2.45) is 0 Å². The first-order valence-corrected chi connectivity index (χ1v) is 11.0. The molecule has 0 aliphatic heterocycles. The second-order valence-corrected chi connectivity index (χ2v) is 8.11. The van der Waals surface area contributed by atoms with E-state index in [1.54, 1.807) is 0 Å². The van der Waals surface area contributed by atoms with Crippen LogP contribution in [0, 0.1) is 0 Å². The maximum atomic E-state index is 10.7. The highest BCUT2D eigenvalue weighted by atomic mass is 32.5. The Bertz CT molecular complexity index is 295. The highest BCUT2D eigenvalue weighted by Gasteiger charge is 1.96. The normalized spacial score (nSPS) is 14.0. The number of unbranched alkanes of at least 4 members (excludes halogenated alkanes) is 10. The molecule has 0 aromatic carbocycles. The molecule has 4 nitrogen and oxygen atoms in total. The van der Waals surface area contributed by atoms with E-state index < -0.39 is 6.72 Å². The molecule has 0 radical (unpaired) electrons. The Balaban J connectivity index is 0. The second kappa shape index (κ2) is 17.6. The summed E-state index contributed by atoms with van der Waals surface area (Å²) in [5, 5.41) is 0. The Morgan fingerprint density at radius 2 is 1.36 bits per heavy atom. The van der Waals surface area contributed by atoms with Gasteiger partial charge >= 0.3 is 0 Å². The summed E-state index contributed by atoms with van der Waals surface area (Å²) in [6.45, 7) is -1.13. The first-order valence-electron chi connectivity index (χ1n) is 8.39. The van der Waals surface area contributed by atoms with Crippen molar-refractivity contribution >= 4 is 18.5 Å². The van der Waals surface area contributed by atoms with E-state index >= 15 is 0 Å². The molecule has 0 aromatic rings. The molecule has 0 fully saturated rings. The van der Waals surface area contributed by atoms with Crippen LogP contribution in [0.15, 0.2) is 12.2 Å². The maximum absolute atomic E-state index is 10.7. The molecular formula is C16H36NO3PS. The molecule has 0 aliphatic carbocycles. The predicted octanol–water partition coefficient (Wildman–Crippen LogP) is 5.21. The average molecular weight is 354 g/mol. The van der Waals surface area contributed by atoms with Crippen molar-refractivity contribution in [2.45, 2.75) is 84.0 Å². The van der Waals surface area contributed by atoms with Crippen LogP contribution in [0.25, 0.3) is 0 Å². The van der Waals surface area contributed by atoms with Crippen LogP contribution < -0.4 is 11.0 Å². The predicted molar refractivity (Wildman–Crippen MR) is 98.7 cm³/mol. The minimum atomic E-state index is -3.68. The van der Waals surface area contributed by atoms with Gasteiger partial charge in [0, 0.05) is 0 Å². The molecule has 5 N–H and O–H groups in total. The quantitative estimate of drug-likeness (QED) is 0.240. The molecule has 0 rings (SSSR count). The van der Waals surface area contributed by atoms with Crippen molar-refractivity contribution in [3.63, 3.8) is 0 Å². The SMILES string of the molecule is CCCCCC/C=C\CCCCCCCCOP([O-])(O)=S.[NH4+]. The monoisotopic (exact) mass is 353 g/mol. The van der Waals surface area contributed by atoms with Crippen LogP contribution in [-0.4, -0.2) is 11.5 Å². The summed E-state index contributed by atoms with van der Waals surface area (Å²) >= 11 is 4.27. The van der Waals surface area contributed by atoms with Crippen LogP contribution in [-0.2, 0) is 16.3 Å². The molecule has 134 valence electrons. The topological polar surface area (TPSA) is 89.0 Å². The summed E-state index contributed by atoms with van der Waals surface area (Å²) in [6, 6.07) is 0. The zero-order valence-corrected chi connectivity index (χ0v) is 16.2. The van der Waals surface area contributed by atoms with Gasteiger partial charge in [-0.2, -0.15) is 0 Å². The molecule has 1 unspecified atom stereocenters. The van der Waals surface area contributed by atoms with Crippen LogP contribution in [0.5, 0.6) is 0 Å². The van der Waals surface area contributed by atoms with Gasteiger partial charge in [0.1, 0.15) is 6.72 Å². The van der Waals surface area contributed by atoms with Crippen molar-refractivity contribution < 1.29 is 14.3 Å². The third kappa shape index (κ3) is 22.5. The van der Waals surface area contributed by atoms with Crippen LogP contribution in [0.1, 0.15) is 84.0 Å². The van der Waals surface area contributed by atoms with Crippen molar-refractivity contribution in [1.29, 1.82) is 0 Å². The van der Waals surface area contributed by atoms with E-state index in [0.717, 1.165) is 19.3 Å². The van der Waals surface area contributed by atoms with Crippen molar-refractivity contribution in [2.75, 3.05) is 6.61 Å². The molecule has 0 amide bonds. The third-order valence-corrected chi connectivity index (χ3v) is 4.24. The number of hydrogen-bond acceptors (Lipinski definition) is 3. The molecule has 0 bridgehead atoms. The minimum absolute atomic E-state index is 0. The summed E-state index contributed by atoms with van der Waals surface area (Å²) in [6.07, 6.45) is 19.2. The highest BCUT2D eigenvalue weighted by Crippen LogP contribution is 2.30. The average Bonchev–Trinajstić information content (AvgIpc) is 2.42. The maximum Gasteiger partial charge on any atom is 0.112 e. The lowest BCUT2D eigenvalue weighted by atomic mass is 10.1. The van der Waals surface area contributed by atoms with Gasteiger partial charge in [-0.15, -0.1) is 0 Å². The Kier molecular flexibility index (Phi) is 19.6. The van der Waals surface area contributed by atoms with E-state index in [1.165, 1.54) is 57.8 Å². The van der Waals surface area contributed by atoms with Gasteiger partial charge in [-0.1, -0.05) is 75.8 Å². The van der Waals surface area contributed by atoms with Gasteiger partial charge in [-0.25, -0.2) is 0 Å². The molecule has 0 heterocycles. The number of quaternary nitrogens is 1. The molecule has 0 aliphatic rings. The molecule has 22 heavy (non-hydrogen) atoms. The number of hydrogen-bond donors (Lipinski definition) is 2. The van der Waals surface area contributed by atoms with Crippen LogP contribution in [0.2, 0.25) is 0 Å². The molecule has 0 saturated heterocycles. The fourth-order valence-corrected chi connectivity index (χ4v) is 2.76. The fourth-order valence-electron chi connectivity index (χ4n) is 2.18. The standard InChI is InChI=1S/C16H33O3PS.H3N/c1-2-3-4-5-6-7-8-9-10-11-12-13-14-15-16-19-20(17,18)21;/h7-8H,2-6,9-16H2,1H3,(H2,17,18,21);1H3/b8-7-;. The van der Waals surface area contributed by atoms with E-state index in [9.17, 15) is 4.89 Å². The molecule has 6 heteroatoms. The van der Waals surface area contributed by atoms with Gasteiger partial charge in [-0.05, 0) is 32.1 Å². The largest absolute Gasteiger partial charge is 0.780 e. The van der Waals surface area contributed by atoms with E-state index in [-0.39, 0.29) is 6.15 Å². The summed E-state index contributed by atoms with van der Waals surface area (Å²) < 4.78 is 4.65. The van der Waals surface area contributed by atoms with Gasteiger partial charge in [0.15, 0.2) is 0 Å². The van der Waals surface area contributed by atoms with Gasteiger partial charge in [0.25, 0.3) is 0 Å². The zero-order chi connectivity index (χ0) is 15.8.